The monoisotopic (exact) mass is 1830 g/mol. The van der Waals surface area contributed by atoms with Gasteiger partial charge in [0.1, 0.15) is 64.2 Å². The Kier molecular flexibility index (Phi) is 29.3. The van der Waals surface area contributed by atoms with Gasteiger partial charge in [-0.05, 0) is 163 Å². The van der Waals surface area contributed by atoms with Gasteiger partial charge >= 0.3 is 23.2 Å². The number of aryl methyl sites for hydroxylation is 1. The third-order valence-electron chi connectivity index (χ3n) is 21.0. The molecule has 0 aliphatic carbocycles. The summed E-state index contributed by atoms with van der Waals surface area (Å²) >= 11 is 0. The number of hydrogen-bond acceptors (Lipinski definition) is 25. The maximum Gasteiger partial charge on any atom is 0.416 e. The number of carbonyl (C=O) groups is 3. The molecular formula is C91H87F8N21O13. The summed E-state index contributed by atoms with van der Waals surface area (Å²) in [6, 6.07) is 38.6. The van der Waals surface area contributed by atoms with Gasteiger partial charge in [0.05, 0.1) is 79.3 Å². The Balaban J connectivity index is 0.000000169. The molecule has 0 saturated heterocycles. The Morgan fingerprint density at radius 2 is 0.677 bits per heavy atom. The van der Waals surface area contributed by atoms with Crippen LogP contribution in [0.5, 0.6) is 11.8 Å². The fraction of sp³-hybridized carbons (Fsp3) is 0.275. The summed E-state index contributed by atoms with van der Waals surface area (Å²) in [6.45, 7) is 2.01. The second-order valence-electron chi connectivity index (χ2n) is 31.3. The van der Waals surface area contributed by atoms with Crippen LogP contribution in [0, 0.1) is 36.0 Å². The molecule has 0 saturated carbocycles. The molecule has 0 aliphatic heterocycles. The Bertz CT molecular complexity index is 7230. The average molecular weight is 1830 g/mol. The highest BCUT2D eigenvalue weighted by Crippen LogP contribution is 2.35. The van der Waals surface area contributed by atoms with Crippen LogP contribution in [0.25, 0.3) is 67.6 Å². The molecule has 0 amide bonds. The molecule has 6 aromatic carbocycles. The van der Waals surface area contributed by atoms with Crippen molar-refractivity contribution < 1.29 is 68.5 Å². The summed E-state index contributed by atoms with van der Waals surface area (Å²) < 4.78 is 146. The molecule has 133 heavy (non-hydrogen) atoms. The minimum absolute atomic E-state index is 0.00293. The summed E-state index contributed by atoms with van der Waals surface area (Å²) in [5.74, 6) is -4.89. The molecule has 0 N–H and O–H groups in total. The van der Waals surface area contributed by atoms with Gasteiger partial charge in [0.15, 0.2) is 46.0 Å². The largest absolute Gasteiger partial charge is 0.480 e. The number of ketones is 3. The van der Waals surface area contributed by atoms with Crippen LogP contribution in [0.15, 0.2) is 193 Å². The number of methoxy groups -OCH3 is 4. The smallest absolute Gasteiger partial charge is 0.416 e. The van der Waals surface area contributed by atoms with Crippen molar-refractivity contribution in [3.63, 3.8) is 0 Å². The number of carbonyl (C=O) groups excluding carboxylic acids is 3. The Hall–Kier alpha value is -15.1. The van der Waals surface area contributed by atoms with Gasteiger partial charge in [-0.3, -0.25) is 42.5 Å². The molecule has 0 aliphatic rings. The van der Waals surface area contributed by atoms with E-state index in [4.69, 9.17) is 18.9 Å². The van der Waals surface area contributed by atoms with E-state index in [1.807, 2.05) is 23.9 Å². The highest BCUT2D eigenvalue weighted by Gasteiger charge is 2.37. The zero-order chi connectivity index (χ0) is 95.7. The summed E-state index contributed by atoms with van der Waals surface area (Å²) in [5, 5.41) is 37.5. The summed E-state index contributed by atoms with van der Waals surface area (Å²) in [4.78, 5) is 126. The highest BCUT2D eigenvalue weighted by molar-refractivity contribution is 5.84. The van der Waals surface area contributed by atoms with Gasteiger partial charge in [-0.25, -0.2) is 64.1 Å². The minimum atomic E-state index is -4.94. The second kappa shape index (κ2) is 40.9. The van der Waals surface area contributed by atoms with Gasteiger partial charge in [-0.2, -0.15) is 18.3 Å². The summed E-state index contributed by atoms with van der Waals surface area (Å²) in [5.41, 5.74) is -2.90. The van der Waals surface area contributed by atoms with Crippen LogP contribution >= 0.6 is 0 Å². The standard InChI is InChI=1S/C31H29F4N7O4.C30H29F2N7O5.C30H29F2N7O4/c1-5-20(43)15-18-9-11-19(12-10-18)42-24(17-39(2)3)27-28(38-42)40(16-21-22(31(33,34)35)7-6-8-23(21)32)30(45)41(29(27)44)25-13-14-26(46-4)37-36-25;1-36(2)16-24-27-28(35-39(24)19-10-8-18(9-11-19)14-20(40)17-43-3)37(15-21-22(31)6-5-7-23(21)32)30(42)38(29(27)41)25-12-13-26(44-4)34-33-25;1-18-8-13-26(34-33-18)38-29(41)27-25(16-36(2)3)39(20-11-9-19(10-12-20)14-21(40)17-43-4)35-28(27)37(30(38)42)15-22-23(31)6-5-7-24(22)32/h6-14H,5,15-17H2,1-4H3;5-13H,14-17H2,1-4H3;5-13H,14-17H2,1-4H3. The lowest BCUT2D eigenvalue weighted by Crippen LogP contribution is -2.40. The van der Waals surface area contributed by atoms with E-state index in [0.717, 1.165) is 75.9 Å². The second-order valence-corrected chi connectivity index (χ2v) is 31.3. The van der Waals surface area contributed by atoms with Crippen LogP contribution in [0.2, 0.25) is 0 Å². The molecule has 15 rings (SSSR count). The predicted octanol–water partition coefficient (Wildman–Crippen LogP) is 8.79. The molecule has 690 valence electrons. The quantitative estimate of drug-likeness (QED) is 0.0366. The van der Waals surface area contributed by atoms with E-state index in [0.29, 0.717) is 56.9 Å². The van der Waals surface area contributed by atoms with Crippen LogP contribution in [-0.4, -0.2) is 203 Å². The Morgan fingerprint density at radius 3 is 0.955 bits per heavy atom. The van der Waals surface area contributed by atoms with Gasteiger partial charge in [0.25, 0.3) is 16.7 Å². The Morgan fingerprint density at radius 1 is 0.376 bits per heavy atom. The van der Waals surface area contributed by atoms with E-state index < -0.39 is 99.8 Å². The number of benzene rings is 6. The van der Waals surface area contributed by atoms with Gasteiger partial charge < -0.3 is 33.6 Å². The summed E-state index contributed by atoms with van der Waals surface area (Å²) in [7, 11) is 16.3. The normalized spacial score (nSPS) is 11.6. The zero-order valence-corrected chi connectivity index (χ0v) is 73.8. The van der Waals surface area contributed by atoms with E-state index >= 15 is 4.39 Å². The molecule has 0 radical (unpaired) electrons. The van der Waals surface area contributed by atoms with Crippen molar-refractivity contribution in [1.29, 1.82) is 0 Å². The molecule has 0 fully saturated rings. The van der Waals surface area contributed by atoms with Crippen molar-refractivity contribution in [3.8, 4) is 46.3 Å². The number of fused-ring (bicyclic) bond motifs is 3. The molecule has 15 aromatic rings. The molecule has 42 heteroatoms. The predicted molar refractivity (Wildman–Crippen MR) is 471 cm³/mol. The number of alkyl halides is 3. The van der Waals surface area contributed by atoms with Crippen molar-refractivity contribution in [2.45, 2.75) is 85.0 Å². The highest BCUT2D eigenvalue weighted by atomic mass is 19.4. The van der Waals surface area contributed by atoms with Crippen LogP contribution in [0.4, 0.5) is 35.1 Å². The first-order valence-electron chi connectivity index (χ1n) is 40.9. The number of rotatable bonds is 31. The Labute approximate surface area is 749 Å². The first kappa shape index (κ1) is 95.4. The number of ether oxygens (including phenoxy) is 4. The van der Waals surface area contributed by atoms with E-state index in [1.54, 1.807) is 126 Å². The lowest BCUT2D eigenvalue weighted by molar-refractivity contribution is -0.138. The van der Waals surface area contributed by atoms with Crippen LogP contribution in [0.1, 0.15) is 75.1 Å². The first-order chi connectivity index (χ1) is 63.5. The number of Topliss-reactive ketones (excluding diaryl/α,β-unsaturated/α-hetero) is 3. The lowest BCUT2D eigenvalue weighted by atomic mass is 10.1. The third-order valence-corrected chi connectivity index (χ3v) is 21.0. The third kappa shape index (κ3) is 20.7. The molecule has 0 atom stereocenters. The fourth-order valence-corrected chi connectivity index (χ4v) is 14.7. The molecule has 0 unspecified atom stereocenters. The zero-order valence-electron chi connectivity index (χ0n) is 73.8. The number of nitrogens with zero attached hydrogens (tertiary/aromatic N) is 21. The molecule has 0 spiro atoms. The minimum Gasteiger partial charge on any atom is -0.480 e. The van der Waals surface area contributed by atoms with E-state index in [9.17, 15) is 73.9 Å². The van der Waals surface area contributed by atoms with Gasteiger partial charge in [0.2, 0.25) is 11.8 Å². The van der Waals surface area contributed by atoms with Crippen molar-refractivity contribution in [1.82, 2.24) is 102 Å². The number of halogens is 8. The average Bonchev–Trinajstić information content (AvgIpc) is 1.60. The summed E-state index contributed by atoms with van der Waals surface area (Å²) in [6.07, 6.45) is -4.00. The van der Waals surface area contributed by atoms with E-state index in [-0.39, 0.29) is 143 Å². The number of aromatic nitrogens is 18. The van der Waals surface area contributed by atoms with Crippen molar-refractivity contribution >= 4 is 50.4 Å². The van der Waals surface area contributed by atoms with Gasteiger partial charge in [-0.1, -0.05) is 61.5 Å². The first-order valence-corrected chi connectivity index (χ1v) is 40.9. The van der Waals surface area contributed by atoms with Crippen molar-refractivity contribution in [3.05, 3.63) is 317 Å². The molecule has 9 heterocycles. The SMILES string of the molecule is CCC(=O)Cc1ccc(-n2nc3c(c2CN(C)C)c(=O)n(-c2ccc(OC)nn2)c(=O)n3Cc2c(F)cccc2C(F)(F)F)cc1.COCC(=O)Cc1ccc(-n2nc3c(c2CN(C)C)c(=O)n(-c2ccc(C)nn2)c(=O)n3Cc2c(F)cccc2F)cc1.COCC(=O)Cc1ccc(-n2nc3c(c2CN(C)C)c(=O)n(-c2ccc(OC)nn2)c(=O)n3Cc2c(F)cccc2F)cc1. The van der Waals surface area contributed by atoms with E-state index in [2.05, 4.69) is 45.9 Å². The van der Waals surface area contributed by atoms with Gasteiger partial charge in [0, 0.05) is 88.4 Å². The fourth-order valence-electron chi connectivity index (χ4n) is 14.7. The number of hydrogen-bond donors (Lipinski definition) is 0. The van der Waals surface area contributed by atoms with Crippen LogP contribution < -0.4 is 43.2 Å². The molecule has 0 bridgehead atoms. The molecule has 9 aromatic heterocycles. The maximum absolute atomic E-state index is 15.1. The van der Waals surface area contributed by atoms with Crippen LogP contribution in [0.3, 0.4) is 0 Å². The maximum atomic E-state index is 15.1. The molecular weight excluding hydrogens is 1750 g/mol. The van der Waals surface area contributed by atoms with Gasteiger partial charge in [-0.15, -0.1) is 40.8 Å². The van der Waals surface area contributed by atoms with E-state index in [1.165, 1.54) is 84.9 Å². The van der Waals surface area contributed by atoms with Crippen molar-refractivity contribution in [2.24, 2.45) is 0 Å². The topological polar surface area (TPSA) is 361 Å². The molecule has 34 nitrogen and oxygen atoms in total. The van der Waals surface area contributed by atoms with Crippen LogP contribution in [-0.2, 0) is 88.6 Å². The van der Waals surface area contributed by atoms with Crippen molar-refractivity contribution in [2.75, 3.05) is 83.9 Å². The lowest BCUT2D eigenvalue weighted by Gasteiger charge is -2.16.